The molecule has 3 aromatic rings. The van der Waals surface area contributed by atoms with Crippen molar-refractivity contribution in [3.63, 3.8) is 0 Å². The third-order valence-electron chi connectivity index (χ3n) is 6.31. The molecule has 0 N–H and O–H groups in total. The van der Waals surface area contributed by atoms with E-state index in [9.17, 15) is 4.79 Å². The van der Waals surface area contributed by atoms with Gasteiger partial charge < -0.3 is 28.7 Å². The number of amides is 1. The molecule has 0 saturated carbocycles. The topological polar surface area (TPSA) is 104 Å². The number of hydrogen-bond acceptors (Lipinski definition) is 9. The quantitative estimate of drug-likeness (QED) is 0.555. The van der Waals surface area contributed by atoms with Gasteiger partial charge in [-0.3, -0.25) is 0 Å². The lowest BCUT2D eigenvalue weighted by Gasteiger charge is -2.40. The Bertz CT molecular complexity index is 1200. The second kappa shape index (κ2) is 8.41. The summed E-state index contributed by atoms with van der Waals surface area (Å²) in [6.45, 7) is 6.40. The van der Waals surface area contributed by atoms with Crippen LogP contribution in [0.2, 0.25) is 0 Å². The van der Waals surface area contributed by atoms with Crippen LogP contribution in [0.5, 0.6) is 5.88 Å². The van der Waals surface area contributed by atoms with Gasteiger partial charge in [-0.05, 0) is 25.1 Å². The zero-order valence-corrected chi connectivity index (χ0v) is 18.9. The lowest BCUT2D eigenvalue weighted by atomic mass is 10.1. The maximum atomic E-state index is 12.5. The van der Waals surface area contributed by atoms with Crippen LogP contribution in [0.4, 0.5) is 10.6 Å². The highest BCUT2D eigenvalue weighted by atomic mass is 16.6. The van der Waals surface area contributed by atoms with Gasteiger partial charge in [0.25, 0.3) is 0 Å². The minimum atomic E-state index is -0.500. The van der Waals surface area contributed by atoms with E-state index in [4.69, 9.17) is 23.9 Å². The van der Waals surface area contributed by atoms with Crippen LogP contribution < -0.4 is 9.64 Å². The molecule has 3 fully saturated rings. The lowest BCUT2D eigenvalue weighted by Crippen LogP contribution is -2.55. The highest BCUT2D eigenvalue weighted by Gasteiger charge is 2.39. The average molecular weight is 466 g/mol. The number of nitrogens with zero attached hydrogens (tertiary/aromatic N) is 6. The van der Waals surface area contributed by atoms with Gasteiger partial charge in [0.1, 0.15) is 11.9 Å². The van der Waals surface area contributed by atoms with Gasteiger partial charge in [-0.2, -0.15) is 5.10 Å². The van der Waals surface area contributed by atoms with E-state index in [1.165, 1.54) is 0 Å². The Labute approximate surface area is 196 Å². The number of anilines is 1. The summed E-state index contributed by atoms with van der Waals surface area (Å²) >= 11 is 0. The first-order chi connectivity index (χ1) is 16.6. The smallest absolute Gasteiger partial charge is 0.410 e. The number of ether oxygens (including phenoxy) is 4. The number of pyridine rings is 1. The third-order valence-corrected chi connectivity index (χ3v) is 6.31. The number of fused-ring (bicyclic) bond motifs is 1. The molecule has 178 valence electrons. The Kier molecular flexibility index (Phi) is 5.22. The van der Waals surface area contributed by atoms with Crippen LogP contribution in [-0.2, 0) is 14.2 Å². The highest BCUT2D eigenvalue weighted by molar-refractivity contribution is 5.80. The molecule has 0 atom stereocenters. The van der Waals surface area contributed by atoms with Gasteiger partial charge in [-0.1, -0.05) is 0 Å². The Hall–Kier alpha value is -3.44. The fraction of sp³-hybridized carbons (Fsp3) is 0.478. The van der Waals surface area contributed by atoms with E-state index in [-0.39, 0.29) is 12.2 Å². The number of piperazine rings is 1. The number of aromatic nitrogens is 4. The molecule has 11 heteroatoms. The van der Waals surface area contributed by atoms with Crippen LogP contribution in [0.1, 0.15) is 6.92 Å². The minimum absolute atomic E-state index is 0.0152. The summed E-state index contributed by atoms with van der Waals surface area (Å²) in [7, 11) is 0. The standard InChI is InChI=1S/C23H26N6O5/c1-23(14-32-15-23)34-22(30)28-9-7-27(8-10-28)19-4-6-29-20(26-19)18(11-25-29)17-3-2-5-24-21(17)33-16-12-31-13-16/h2-6,11,16H,7-10,12-15H2,1H3. The zero-order valence-electron chi connectivity index (χ0n) is 18.9. The van der Waals surface area contributed by atoms with Crippen molar-refractivity contribution < 1.29 is 23.7 Å². The van der Waals surface area contributed by atoms with Crippen LogP contribution in [0.15, 0.2) is 36.8 Å². The first-order valence-corrected chi connectivity index (χ1v) is 11.4. The average Bonchev–Trinajstić information content (AvgIpc) is 3.24. The lowest BCUT2D eigenvalue weighted by molar-refractivity contribution is -0.172. The van der Waals surface area contributed by atoms with E-state index in [1.54, 1.807) is 21.8 Å². The summed E-state index contributed by atoms with van der Waals surface area (Å²) < 4.78 is 23.8. The molecule has 6 rings (SSSR count). The van der Waals surface area contributed by atoms with Crippen molar-refractivity contribution >= 4 is 17.6 Å². The molecule has 3 aliphatic heterocycles. The molecule has 0 aliphatic carbocycles. The molecule has 0 unspecified atom stereocenters. The van der Waals surface area contributed by atoms with Crippen molar-refractivity contribution in [1.82, 2.24) is 24.5 Å². The van der Waals surface area contributed by atoms with Crippen molar-refractivity contribution in [3.8, 4) is 17.0 Å². The molecule has 11 nitrogen and oxygen atoms in total. The summed E-state index contributed by atoms with van der Waals surface area (Å²) in [5, 5.41) is 4.47. The molecule has 1 amide bonds. The van der Waals surface area contributed by atoms with Gasteiger partial charge in [-0.25, -0.2) is 19.3 Å². The second-order valence-electron chi connectivity index (χ2n) is 9.03. The van der Waals surface area contributed by atoms with E-state index in [0.717, 1.165) is 22.6 Å². The molecule has 3 saturated heterocycles. The van der Waals surface area contributed by atoms with Gasteiger partial charge in [-0.15, -0.1) is 0 Å². The van der Waals surface area contributed by atoms with E-state index in [0.29, 0.717) is 58.5 Å². The Balaban J connectivity index is 1.19. The molecule has 3 aromatic heterocycles. The maximum absolute atomic E-state index is 12.5. The SMILES string of the molecule is CC1(OC(=O)N2CCN(c3ccn4ncc(-c5cccnc5OC5COC5)c4n3)CC2)COC1. The van der Waals surface area contributed by atoms with Gasteiger partial charge in [0.15, 0.2) is 11.2 Å². The zero-order chi connectivity index (χ0) is 23.1. The maximum Gasteiger partial charge on any atom is 0.410 e. The first kappa shape index (κ1) is 21.1. The molecular formula is C23H26N6O5. The molecule has 0 aromatic carbocycles. The van der Waals surface area contributed by atoms with E-state index in [1.807, 2.05) is 31.3 Å². The fourth-order valence-corrected chi connectivity index (χ4v) is 4.20. The third kappa shape index (κ3) is 3.90. The van der Waals surface area contributed by atoms with Crippen LogP contribution in [-0.4, -0.2) is 94.9 Å². The van der Waals surface area contributed by atoms with Gasteiger partial charge in [0.2, 0.25) is 5.88 Å². The molecule has 0 bridgehead atoms. The van der Waals surface area contributed by atoms with Crippen molar-refractivity contribution in [2.45, 2.75) is 18.6 Å². The Morgan fingerprint density at radius 1 is 1.12 bits per heavy atom. The highest BCUT2D eigenvalue weighted by Crippen LogP contribution is 2.32. The summed E-state index contributed by atoms with van der Waals surface area (Å²) in [4.78, 5) is 25.7. The van der Waals surface area contributed by atoms with Gasteiger partial charge >= 0.3 is 6.09 Å². The van der Waals surface area contributed by atoms with Crippen LogP contribution in [0.3, 0.4) is 0 Å². The van der Waals surface area contributed by atoms with E-state index >= 15 is 0 Å². The molecule has 0 spiro atoms. The monoisotopic (exact) mass is 466 g/mol. The molecule has 0 radical (unpaired) electrons. The van der Waals surface area contributed by atoms with Crippen molar-refractivity contribution in [2.24, 2.45) is 0 Å². The normalized spacial score (nSPS) is 20.0. The molecule has 3 aliphatic rings. The fourth-order valence-electron chi connectivity index (χ4n) is 4.20. The molecule has 6 heterocycles. The predicted octanol–water partition coefficient (Wildman–Crippen LogP) is 1.62. The largest absolute Gasteiger partial charge is 0.469 e. The second-order valence-corrected chi connectivity index (χ2v) is 9.03. The number of rotatable bonds is 5. The van der Waals surface area contributed by atoms with Crippen LogP contribution >= 0.6 is 0 Å². The van der Waals surface area contributed by atoms with E-state index in [2.05, 4.69) is 15.0 Å². The predicted molar refractivity (Wildman–Crippen MR) is 121 cm³/mol. The number of hydrogen-bond donors (Lipinski definition) is 0. The summed E-state index contributed by atoms with van der Waals surface area (Å²) in [5.74, 6) is 1.39. The Morgan fingerprint density at radius 2 is 1.94 bits per heavy atom. The van der Waals surface area contributed by atoms with Gasteiger partial charge in [0.05, 0.1) is 38.2 Å². The summed E-state index contributed by atoms with van der Waals surface area (Å²) in [6.07, 6.45) is 5.13. The van der Waals surface area contributed by atoms with Crippen LogP contribution in [0.25, 0.3) is 16.8 Å². The van der Waals surface area contributed by atoms with Crippen LogP contribution in [0, 0.1) is 0 Å². The Morgan fingerprint density at radius 3 is 2.65 bits per heavy atom. The van der Waals surface area contributed by atoms with E-state index < -0.39 is 5.60 Å². The summed E-state index contributed by atoms with van der Waals surface area (Å²) in [5.41, 5.74) is 1.91. The molecular weight excluding hydrogens is 440 g/mol. The molecule has 34 heavy (non-hydrogen) atoms. The van der Waals surface area contributed by atoms with Crippen molar-refractivity contribution in [1.29, 1.82) is 0 Å². The van der Waals surface area contributed by atoms with Crippen molar-refractivity contribution in [3.05, 3.63) is 36.8 Å². The number of carbonyl (C=O) groups is 1. The first-order valence-electron chi connectivity index (χ1n) is 11.4. The van der Waals surface area contributed by atoms with Crippen molar-refractivity contribution in [2.75, 3.05) is 57.5 Å². The minimum Gasteiger partial charge on any atom is -0.469 e. The number of carbonyl (C=O) groups excluding carboxylic acids is 1. The van der Waals surface area contributed by atoms with Gasteiger partial charge in [0, 0.05) is 44.1 Å². The summed E-state index contributed by atoms with van der Waals surface area (Å²) in [6, 6.07) is 5.78.